The van der Waals surface area contributed by atoms with E-state index in [1.54, 1.807) is 6.20 Å². The van der Waals surface area contributed by atoms with Crippen LogP contribution in [0.25, 0.3) is 0 Å². The van der Waals surface area contributed by atoms with Gasteiger partial charge >= 0.3 is 0 Å². The Bertz CT molecular complexity index is 702. The van der Waals surface area contributed by atoms with Gasteiger partial charge in [-0.15, -0.1) is 0 Å². The van der Waals surface area contributed by atoms with Crippen molar-refractivity contribution in [3.8, 4) is 0 Å². The Hall–Kier alpha value is -2.40. The highest BCUT2D eigenvalue weighted by Gasteiger charge is 2.36. The first-order valence-corrected chi connectivity index (χ1v) is 8.44. The van der Waals surface area contributed by atoms with Crippen LogP contribution in [0.4, 0.5) is 0 Å². The van der Waals surface area contributed by atoms with Crippen molar-refractivity contribution in [3.05, 3.63) is 65.5 Å². The summed E-state index contributed by atoms with van der Waals surface area (Å²) in [6.07, 6.45) is 3.42. The molecule has 3 rings (SSSR count). The number of hydrogen-bond acceptors (Lipinski definition) is 3. The first-order valence-electron chi connectivity index (χ1n) is 8.44. The fourth-order valence-electron chi connectivity index (χ4n) is 3.08. The minimum absolute atomic E-state index is 0.443. The highest BCUT2D eigenvalue weighted by Crippen LogP contribution is 2.36. The Labute approximate surface area is 142 Å². The maximum absolute atomic E-state index is 11.0. The minimum Gasteiger partial charge on any atom is -0.383 e. The lowest BCUT2D eigenvalue weighted by Crippen LogP contribution is -2.45. The molecule has 1 heterocycles. The number of fused-ring (bicyclic) bond motifs is 1. The Morgan fingerprint density at radius 3 is 2.83 bits per heavy atom. The van der Waals surface area contributed by atoms with E-state index in [1.165, 1.54) is 5.56 Å². The first-order chi connectivity index (χ1) is 11.7. The van der Waals surface area contributed by atoms with E-state index < -0.39 is 5.60 Å². The summed E-state index contributed by atoms with van der Waals surface area (Å²) in [7, 11) is 0. The zero-order chi connectivity index (χ0) is 16.8. The average molecular weight is 324 g/mol. The zero-order valence-corrected chi connectivity index (χ0v) is 14.0. The fourth-order valence-corrected chi connectivity index (χ4v) is 3.08. The number of nitrogens with zero attached hydrogens (tertiary/aromatic N) is 2. The standard InChI is InChI=1S/C19H24N4O/c1-2-20-18(22-13-16-8-5-6-12-21-16)23-14-19(24)11-10-15-7-3-4-9-17(15)19/h3-9,12,24H,2,10-11,13-14H2,1H3,(H2,20,22,23). The number of aliphatic hydroxyl groups is 1. The molecule has 1 unspecified atom stereocenters. The maximum Gasteiger partial charge on any atom is 0.191 e. The van der Waals surface area contributed by atoms with Gasteiger partial charge in [0.2, 0.25) is 0 Å². The molecule has 5 heteroatoms. The molecule has 5 nitrogen and oxygen atoms in total. The summed E-state index contributed by atoms with van der Waals surface area (Å²) < 4.78 is 0. The van der Waals surface area contributed by atoms with E-state index in [-0.39, 0.29) is 0 Å². The Morgan fingerprint density at radius 1 is 1.21 bits per heavy atom. The number of aryl methyl sites for hydroxylation is 1. The fraction of sp³-hybridized carbons (Fsp3) is 0.368. The molecule has 3 N–H and O–H groups in total. The molecular formula is C19H24N4O. The molecule has 2 aromatic rings. The van der Waals surface area contributed by atoms with E-state index in [9.17, 15) is 5.11 Å². The van der Waals surface area contributed by atoms with Crippen molar-refractivity contribution in [3.63, 3.8) is 0 Å². The molecule has 0 bridgehead atoms. The molecule has 0 aliphatic heterocycles. The molecule has 1 atom stereocenters. The van der Waals surface area contributed by atoms with Crippen molar-refractivity contribution in [1.82, 2.24) is 15.6 Å². The number of rotatable bonds is 5. The van der Waals surface area contributed by atoms with Gasteiger partial charge in [-0.25, -0.2) is 4.99 Å². The van der Waals surface area contributed by atoms with Crippen LogP contribution in [0.3, 0.4) is 0 Å². The molecule has 126 valence electrons. The summed E-state index contributed by atoms with van der Waals surface area (Å²) in [6.45, 7) is 3.74. The number of pyridine rings is 1. The van der Waals surface area contributed by atoms with Crippen LogP contribution in [-0.4, -0.2) is 29.1 Å². The molecule has 0 fully saturated rings. The van der Waals surface area contributed by atoms with Gasteiger partial charge in [0.05, 0.1) is 18.8 Å². The number of aromatic nitrogens is 1. The lowest BCUT2D eigenvalue weighted by molar-refractivity contribution is 0.0432. The summed E-state index contributed by atoms with van der Waals surface area (Å²) in [5.74, 6) is 0.695. The van der Waals surface area contributed by atoms with Crippen LogP contribution in [0, 0.1) is 0 Å². The van der Waals surface area contributed by atoms with Crippen molar-refractivity contribution in [2.75, 3.05) is 13.1 Å². The van der Waals surface area contributed by atoms with Crippen LogP contribution in [0.5, 0.6) is 0 Å². The lowest BCUT2D eigenvalue weighted by Gasteiger charge is -2.25. The molecule has 0 spiro atoms. The van der Waals surface area contributed by atoms with Crippen molar-refractivity contribution in [1.29, 1.82) is 0 Å². The summed E-state index contributed by atoms with van der Waals surface area (Å²) in [6, 6.07) is 13.9. The minimum atomic E-state index is -0.836. The lowest BCUT2D eigenvalue weighted by atomic mass is 9.96. The molecule has 1 aromatic heterocycles. The third-order valence-electron chi connectivity index (χ3n) is 4.34. The predicted molar refractivity (Wildman–Crippen MR) is 95.7 cm³/mol. The Kier molecular flexibility index (Phi) is 5.11. The van der Waals surface area contributed by atoms with E-state index in [1.807, 2.05) is 43.3 Å². The largest absolute Gasteiger partial charge is 0.383 e. The van der Waals surface area contributed by atoms with Gasteiger partial charge in [0.25, 0.3) is 0 Å². The van der Waals surface area contributed by atoms with Crippen LogP contribution in [-0.2, 0) is 18.6 Å². The molecule has 0 saturated heterocycles. The zero-order valence-electron chi connectivity index (χ0n) is 14.0. The molecule has 24 heavy (non-hydrogen) atoms. The summed E-state index contributed by atoms with van der Waals surface area (Å²) in [4.78, 5) is 8.83. The average Bonchev–Trinajstić information content (AvgIpc) is 2.96. The quantitative estimate of drug-likeness (QED) is 0.581. The topological polar surface area (TPSA) is 69.5 Å². The van der Waals surface area contributed by atoms with E-state index in [0.717, 1.165) is 30.6 Å². The van der Waals surface area contributed by atoms with Crippen LogP contribution in [0.15, 0.2) is 53.7 Å². The van der Waals surface area contributed by atoms with Crippen LogP contribution in [0.1, 0.15) is 30.2 Å². The summed E-state index contributed by atoms with van der Waals surface area (Å²) in [5, 5.41) is 17.5. The van der Waals surface area contributed by atoms with Gasteiger partial charge in [0.1, 0.15) is 5.60 Å². The SMILES string of the molecule is CCNC(=NCc1ccccn1)NCC1(O)CCc2ccccc21. The van der Waals surface area contributed by atoms with Gasteiger partial charge in [0, 0.05) is 12.7 Å². The van der Waals surface area contributed by atoms with Gasteiger partial charge < -0.3 is 15.7 Å². The maximum atomic E-state index is 11.0. The van der Waals surface area contributed by atoms with Crippen molar-refractivity contribution in [2.24, 2.45) is 4.99 Å². The number of guanidine groups is 1. The van der Waals surface area contributed by atoms with Gasteiger partial charge in [-0.05, 0) is 43.0 Å². The van der Waals surface area contributed by atoms with E-state index in [4.69, 9.17) is 0 Å². The summed E-state index contributed by atoms with van der Waals surface area (Å²) >= 11 is 0. The van der Waals surface area contributed by atoms with Crippen LogP contribution < -0.4 is 10.6 Å². The third kappa shape index (κ3) is 3.74. The molecule has 1 aliphatic rings. The smallest absolute Gasteiger partial charge is 0.191 e. The first kappa shape index (κ1) is 16.5. The van der Waals surface area contributed by atoms with Gasteiger partial charge in [0.15, 0.2) is 5.96 Å². The second-order valence-electron chi connectivity index (χ2n) is 6.06. The molecule has 0 amide bonds. The number of hydrogen-bond donors (Lipinski definition) is 3. The van der Waals surface area contributed by atoms with Crippen LogP contribution in [0.2, 0.25) is 0 Å². The molecule has 0 radical (unpaired) electrons. The van der Waals surface area contributed by atoms with Crippen molar-refractivity contribution in [2.45, 2.75) is 31.9 Å². The van der Waals surface area contributed by atoms with Crippen molar-refractivity contribution >= 4 is 5.96 Å². The normalized spacial score (nSPS) is 19.8. The highest BCUT2D eigenvalue weighted by atomic mass is 16.3. The summed E-state index contributed by atoms with van der Waals surface area (Å²) in [5.41, 5.74) is 2.34. The van der Waals surface area contributed by atoms with Gasteiger partial charge in [-0.1, -0.05) is 30.3 Å². The number of nitrogens with one attached hydrogen (secondary N) is 2. The predicted octanol–water partition coefficient (Wildman–Crippen LogP) is 1.97. The monoisotopic (exact) mass is 324 g/mol. The Balaban J connectivity index is 1.66. The van der Waals surface area contributed by atoms with Gasteiger partial charge in [-0.3, -0.25) is 4.98 Å². The third-order valence-corrected chi connectivity index (χ3v) is 4.34. The number of benzene rings is 1. The van der Waals surface area contributed by atoms with Crippen LogP contribution >= 0.6 is 0 Å². The molecule has 1 aromatic carbocycles. The highest BCUT2D eigenvalue weighted by molar-refractivity contribution is 5.79. The second-order valence-corrected chi connectivity index (χ2v) is 6.06. The molecule has 1 aliphatic carbocycles. The second kappa shape index (κ2) is 7.45. The van der Waals surface area contributed by atoms with E-state index in [0.29, 0.717) is 19.0 Å². The van der Waals surface area contributed by atoms with E-state index >= 15 is 0 Å². The van der Waals surface area contributed by atoms with E-state index in [2.05, 4.69) is 26.7 Å². The molecule has 0 saturated carbocycles. The molecular weight excluding hydrogens is 300 g/mol. The van der Waals surface area contributed by atoms with Gasteiger partial charge in [-0.2, -0.15) is 0 Å². The van der Waals surface area contributed by atoms with Crippen molar-refractivity contribution < 1.29 is 5.11 Å². The Morgan fingerprint density at radius 2 is 2.04 bits per heavy atom. The number of aliphatic imine (C=N–C) groups is 1.